The van der Waals surface area contributed by atoms with E-state index in [1.807, 2.05) is 13.8 Å². The van der Waals surface area contributed by atoms with Gasteiger partial charge in [0.1, 0.15) is 5.82 Å². The van der Waals surface area contributed by atoms with Crippen LogP contribution in [0.3, 0.4) is 0 Å². The summed E-state index contributed by atoms with van der Waals surface area (Å²) in [4.78, 5) is 17.9. The van der Waals surface area contributed by atoms with Crippen LogP contribution in [0.5, 0.6) is 0 Å². The van der Waals surface area contributed by atoms with E-state index in [0.29, 0.717) is 18.8 Å². The fraction of sp³-hybridized carbons (Fsp3) is 0.360. The zero-order chi connectivity index (χ0) is 25.2. The van der Waals surface area contributed by atoms with E-state index in [1.54, 1.807) is 12.1 Å². The molecule has 0 radical (unpaired) electrons. The normalized spacial score (nSPS) is 14.7. The summed E-state index contributed by atoms with van der Waals surface area (Å²) in [6.07, 6.45) is -2.17. The monoisotopic (exact) mass is 487 g/mol. The van der Waals surface area contributed by atoms with E-state index in [4.69, 9.17) is 0 Å². The Morgan fingerprint density at radius 1 is 1.06 bits per heavy atom. The Bertz CT molecular complexity index is 1210. The first-order chi connectivity index (χ1) is 16.6. The lowest BCUT2D eigenvalue weighted by Gasteiger charge is -2.33. The highest BCUT2D eigenvalue weighted by atomic mass is 19.4. The van der Waals surface area contributed by atoms with Crippen LogP contribution in [0.25, 0.3) is 11.3 Å². The third kappa shape index (κ3) is 5.41. The van der Waals surface area contributed by atoms with E-state index >= 15 is 0 Å². The van der Waals surface area contributed by atoms with Gasteiger partial charge >= 0.3 is 6.18 Å². The van der Waals surface area contributed by atoms with Crippen LogP contribution in [0, 0.1) is 25.6 Å². The highest BCUT2D eigenvalue weighted by Gasteiger charge is 2.37. The number of hydrogen-bond acceptors (Lipinski definition) is 5. The van der Waals surface area contributed by atoms with E-state index in [9.17, 15) is 22.4 Å². The summed E-state index contributed by atoms with van der Waals surface area (Å²) in [6, 6.07) is 8.58. The number of anilines is 1. The molecule has 0 bridgehead atoms. The first-order valence-electron chi connectivity index (χ1n) is 11.3. The predicted octanol–water partition coefficient (Wildman–Crippen LogP) is 4.96. The Kier molecular flexibility index (Phi) is 7.00. The summed E-state index contributed by atoms with van der Waals surface area (Å²) in [6.45, 7) is 5.59. The standard InChI is InChI=1S/C25H25F4N5O/c1-15-16(2)23(33-32-21(15)18-5-7-19(26)8-6-18)34-12-9-17(10-13-34)14-31-24(35)20-4-3-11-30-22(20)25(27,28)29/h3-8,11,17H,9-10,12-14H2,1-2H3,(H,31,35). The van der Waals surface area contributed by atoms with Crippen molar-refractivity contribution in [1.82, 2.24) is 20.5 Å². The van der Waals surface area contributed by atoms with Gasteiger partial charge in [-0.05, 0) is 80.1 Å². The number of carbonyl (C=O) groups excluding carboxylic acids is 1. The van der Waals surface area contributed by atoms with E-state index in [2.05, 4.69) is 25.4 Å². The molecule has 0 saturated carbocycles. The maximum absolute atomic E-state index is 13.3. The molecule has 4 rings (SSSR count). The van der Waals surface area contributed by atoms with Crippen LogP contribution < -0.4 is 10.2 Å². The van der Waals surface area contributed by atoms with Gasteiger partial charge in [-0.15, -0.1) is 10.2 Å². The minimum Gasteiger partial charge on any atom is -0.355 e. The Labute approximate surface area is 200 Å². The van der Waals surface area contributed by atoms with Crippen molar-refractivity contribution in [1.29, 1.82) is 0 Å². The summed E-state index contributed by atoms with van der Waals surface area (Å²) in [5, 5.41) is 11.5. The smallest absolute Gasteiger partial charge is 0.355 e. The molecule has 1 aliphatic rings. The van der Waals surface area contributed by atoms with Crippen LogP contribution in [-0.2, 0) is 6.18 Å². The van der Waals surface area contributed by atoms with Gasteiger partial charge < -0.3 is 10.2 Å². The van der Waals surface area contributed by atoms with Crippen LogP contribution in [0.1, 0.15) is 40.0 Å². The van der Waals surface area contributed by atoms with Crippen LogP contribution in [0.4, 0.5) is 23.4 Å². The fourth-order valence-corrected chi connectivity index (χ4v) is 4.27. The summed E-state index contributed by atoms with van der Waals surface area (Å²) in [5.74, 6) is -0.176. The van der Waals surface area contributed by atoms with Crippen LogP contribution in [0.15, 0.2) is 42.6 Å². The van der Waals surface area contributed by atoms with Crippen LogP contribution >= 0.6 is 0 Å². The van der Waals surface area contributed by atoms with E-state index in [0.717, 1.165) is 47.6 Å². The number of pyridine rings is 1. The number of carbonyl (C=O) groups is 1. The molecule has 2 aromatic heterocycles. The Balaban J connectivity index is 1.37. The summed E-state index contributed by atoms with van der Waals surface area (Å²) >= 11 is 0. The van der Waals surface area contributed by atoms with Crippen molar-refractivity contribution >= 4 is 11.7 Å². The molecule has 10 heteroatoms. The lowest BCUT2D eigenvalue weighted by atomic mass is 9.96. The van der Waals surface area contributed by atoms with Gasteiger partial charge in [-0.3, -0.25) is 9.78 Å². The van der Waals surface area contributed by atoms with Crippen molar-refractivity contribution in [3.8, 4) is 11.3 Å². The van der Waals surface area contributed by atoms with Crippen molar-refractivity contribution in [3.63, 3.8) is 0 Å². The molecule has 0 aliphatic carbocycles. The number of nitrogens with one attached hydrogen (secondary N) is 1. The number of aromatic nitrogens is 3. The van der Waals surface area contributed by atoms with E-state index in [1.165, 1.54) is 18.2 Å². The van der Waals surface area contributed by atoms with Crippen LogP contribution in [-0.4, -0.2) is 40.7 Å². The number of hydrogen-bond donors (Lipinski definition) is 1. The van der Waals surface area contributed by atoms with Gasteiger partial charge in [-0.25, -0.2) is 4.39 Å². The molecule has 184 valence electrons. The van der Waals surface area contributed by atoms with Gasteiger partial charge in [0.15, 0.2) is 11.5 Å². The second-order valence-electron chi connectivity index (χ2n) is 8.67. The predicted molar refractivity (Wildman–Crippen MR) is 123 cm³/mol. The average molecular weight is 488 g/mol. The van der Waals surface area contributed by atoms with Crippen molar-refractivity contribution in [3.05, 3.63) is 70.8 Å². The second-order valence-corrected chi connectivity index (χ2v) is 8.67. The number of nitrogens with zero attached hydrogens (tertiary/aromatic N) is 4. The first kappa shape index (κ1) is 24.6. The molecular weight excluding hydrogens is 462 g/mol. The third-order valence-electron chi connectivity index (χ3n) is 6.40. The lowest BCUT2D eigenvalue weighted by Crippen LogP contribution is -2.39. The van der Waals surface area contributed by atoms with Crippen molar-refractivity contribution < 1.29 is 22.4 Å². The number of piperidine rings is 1. The van der Waals surface area contributed by atoms with Gasteiger partial charge in [0.25, 0.3) is 5.91 Å². The topological polar surface area (TPSA) is 71.0 Å². The van der Waals surface area contributed by atoms with Crippen molar-refractivity contribution in [2.45, 2.75) is 32.9 Å². The summed E-state index contributed by atoms with van der Waals surface area (Å²) in [5.41, 5.74) is 1.80. The number of halogens is 4. The molecule has 3 aromatic rings. The van der Waals surface area contributed by atoms with Gasteiger partial charge in [0, 0.05) is 31.4 Å². The molecule has 0 atom stereocenters. The molecule has 1 aromatic carbocycles. The Morgan fingerprint density at radius 2 is 1.74 bits per heavy atom. The summed E-state index contributed by atoms with van der Waals surface area (Å²) < 4.78 is 52.7. The largest absolute Gasteiger partial charge is 0.434 e. The zero-order valence-electron chi connectivity index (χ0n) is 19.4. The van der Waals surface area contributed by atoms with Gasteiger partial charge in [-0.1, -0.05) is 0 Å². The van der Waals surface area contributed by atoms with Crippen molar-refractivity contribution in [2.24, 2.45) is 5.92 Å². The molecule has 0 unspecified atom stereocenters. The maximum Gasteiger partial charge on any atom is 0.434 e. The minimum absolute atomic E-state index is 0.133. The molecule has 35 heavy (non-hydrogen) atoms. The maximum atomic E-state index is 13.3. The molecule has 3 heterocycles. The molecule has 1 saturated heterocycles. The number of rotatable bonds is 5. The molecule has 1 fully saturated rings. The minimum atomic E-state index is -4.69. The molecule has 6 nitrogen and oxygen atoms in total. The quantitative estimate of drug-likeness (QED) is 0.515. The number of alkyl halides is 3. The van der Waals surface area contributed by atoms with Crippen molar-refractivity contribution in [2.75, 3.05) is 24.5 Å². The molecular formula is C25H25F4N5O. The van der Waals surface area contributed by atoms with Gasteiger partial charge in [0.05, 0.1) is 11.3 Å². The molecule has 1 N–H and O–H groups in total. The Morgan fingerprint density at radius 3 is 2.40 bits per heavy atom. The lowest BCUT2D eigenvalue weighted by molar-refractivity contribution is -0.141. The van der Waals surface area contributed by atoms with Crippen LogP contribution in [0.2, 0.25) is 0 Å². The SMILES string of the molecule is Cc1c(-c2ccc(F)cc2)nnc(N2CCC(CNC(=O)c3cccnc3C(F)(F)F)CC2)c1C. The molecule has 1 aliphatic heterocycles. The highest BCUT2D eigenvalue weighted by molar-refractivity contribution is 5.95. The molecule has 0 spiro atoms. The molecule has 1 amide bonds. The fourth-order valence-electron chi connectivity index (χ4n) is 4.27. The van der Waals surface area contributed by atoms with E-state index in [-0.39, 0.29) is 18.3 Å². The third-order valence-corrected chi connectivity index (χ3v) is 6.40. The van der Waals surface area contributed by atoms with Gasteiger partial charge in [-0.2, -0.15) is 13.2 Å². The zero-order valence-corrected chi connectivity index (χ0v) is 19.4. The van der Waals surface area contributed by atoms with Gasteiger partial charge in [0.2, 0.25) is 0 Å². The Hall–Kier alpha value is -3.56. The highest BCUT2D eigenvalue weighted by Crippen LogP contribution is 2.31. The second kappa shape index (κ2) is 9.97. The number of benzene rings is 1. The first-order valence-corrected chi connectivity index (χ1v) is 11.3. The summed E-state index contributed by atoms with van der Waals surface area (Å²) in [7, 11) is 0. The van der Waals surface area contributed by atoms with E-state index < -0.39 is 23.3 Å². The average Bonchev–Trinajstić information content (AvgIpc) is 2.85. The number of amides is 1.